The van der Waals surface area contributed by atoms with Gasteiger partial charge in [0.25, 0.3) is 0 Å². The number of fused-ring (bicyclic) bond motifs is 2. The zero-order valence-electron chi connectivity index (χ0n) is 13.7. The predicted octanol–water partition coefficient (Wildman–Crippen LogP) is 1.89. The van der Waals surface area contributed by atoms with Crippen LogP contribution in [0.3, 0.4) is 0 Å². The van der Waals surface area contributed by atoms with Gasteiger partial charge < -0.3 is 10.6 Å². The Labute approximate surface area is 123 Å². The normalized spacial score (nSPS) is 32.1. The maximum Gasteiger partial charge on any atom is 0.237 e. The zero-order chi connectivity index (χ0) is 14.9. The number of nitrogens with zero attached hydrogens (tertiary/aromatic N) is 1. The fourth-order valence-corrected chi connectivity index (χ4v) is 3.91. The summed E-state index contributed by atoms with van der Waals surface area (Å²) in [4.78, 5) is 14.9. The van der Waals surface area contributed by atoms with E-state index < -0.39 is 0 Å². The molecule has 20 heavy (non-hydrogen) atoms. The second kappa shape index (κ2) is 6.02. The van der Waals surface area contributed by atoms with Crippen LogP contribution in [0, 0.1) is 0 Å². The summed E-state index contributed by atoms with van der Waals surface area (Å²) < 4.78 is 0. The van der Waals surface area contributed by atoms with E-state index in [4.69, 9.17) is 0 Å². The molecule has 4 nitrogen and oxygen atoms in total. The molecule has 0 aromatic carbocycles. The lowest BCUT2D eigenvalue weighted by atomic mass is 9.95. The van der Waals surface area contributed by atoms with Gasteiger partial charge in [-0.1, -0.05) is 6.92 Å². The molecule has 116 valence electrons. The van der Waals surface area contributed by atoms with Gasteiger partial charge in [-0.15, -0.1) is 0 Å². The van der Waals surface area contributed by atoms with Crippen molar-refractivity contribution in [2.45, 2.75) is 90.0 Å². The van der Waals surface area contributed by atoms with Gasteiger partial charge in [-0.3, -0.25) is 9.69 Å². The molecule has 2 fully saturated rings. The van der Waals surface area contributed by atoms with Crippen LogP contribution in [0.4, 0.5) is 0 Å². The van der Waals surface area contributed by atoms with E-state index in [1.54, 1.807) is 0 Å². The largest absolute Gasteiger partial charge is 0.350 e. The Morgan fingerprint density at radius 2 is 1.80 bits per heavy atom. The molecule has 2 heterocycles. The molecule has 0 aromatic heterocycles. The van der Waals surface area contributed by atoms with Crippen LogP contribution in [0.2, 0.25) is 0 Å². The van der Waals surface area contributed by atoms with Crippen molar-refractivity contribution in [2.24, 2.45) is 0 Å². The number of nitrogens with one attached hydrogen (secondary N) is 2. The van der Waals surface area contributed by atoms with Crippen LogP contribution in [-0.4, -0.2) is 47.1 Å². The molecule has 2 saturated heterocycles. The summed E-state index contributed by atoms with van der Waals surface area (Å²) in [5.74, 6) is 0.177. The molecule has 2 aliphatic rings. The summed E-state index contributed by atoms with van der Waals surface area (Å²) in [6.45, 7) is 11.4. The first kappa shape index (κ1) is 15.8. The van der Waals surface area contributed by atoms with Crippen LogP contribution in [0.25, 0.3) is 0 Å². The van der Waals surface area contributed by atoms with Crippen LogP contribution in [-0.2, 0) is 4.79 Å². The van der Waals surface area contributed by atoms with Gasteiger partial charge in [0.2, 0.25) is 5.91 Å². The Bertz CT molecular complexity index is 336. The smallest absolute Gasteiger partial charge is 0.237 e. The molecule has 3 atom stereocenters. The first-order valence-electron chi connectivity index (χ1n) is 8.14. The third kappa shape index (κ3) is 3.53. The van der Waals surface area contributed by atoms with Crippen molar-refractivity contribution >= 4 is 5.91 Å². The molecular weight excluding hydrogens is 250 g/mol. The highest BCUT2D eigenvalue weighted by molar-refractivity contribution is 5.82. The van der Waals surface area contributed by atoms with Crippen LogP contribution < -0.4 is 10.6 Å². The van der Waals surface area contributed by atoms with Crippen LogP contribution in [0.5, 0.6) is 0 Å². The van der Waals surface area contributed by atoms with Crippen molar-refractivity contribution in [3.8, 4) is 0 Å². The molecule has 3 unspecified atom stereocenters. The summed E-state index contributed by atoms with van der Waals surface area (Å²) in [7, 11) is 0. The Kier molecular flexibility index (Phi) is 4.75. The van der Waals surface area contributed by atoms with Crippen LogP contribution >= 0.6 is 0 Å². The van der Waals surface area contributed by atoms with E-state index >= 15 is 0 Å². The highest BCUT2D eigenvalue weighted by atomic mass is 16.2. The van der Waals surface area contributed by atoms with Gasteiger partial charge in [0, 0.05) is 23.7 Å². The Balaban J connectivity index is 1.98. The van der Waals surface area contributed by atoms with Crippen LogP contribution in [0.15, 0.2) is 0 Å². The second-order valence-electron chi connectivity index (χ2n) is 7.47. The van der Waals surface area contributed by atoms with Crippen molar-refractivity contribution in [3.05, 3.63) is 0 Å². The lowest BCUT2D eigenvalue weighted by Crippen LogP contribution is -2.58. The minimum absolute atomic E-state index is 0.00528. The van der Waals surface area contributed by atoms with E-state index in [9.17, 15) is 4.79 Å². The molecule has 0 spiro atoms. The lowest BCUT2D eigenvalue weighted by Gasteiger charge is -2.42. The van der Waals surface area contributed by atoms with Gasteiger partial charge in [-0.2, -0.15) is 0 Å². The first-order chi connectivity index (χ1) is 9.31. The molecule has 2 N–H and O–H groups in total. The third-order valence-corrected chi connectivity index (χ3v) is 4.61. The van der Waals surface area contributed by atoms with E-state index in [-0.39, 0.29) is 17.5 Å². The molecule has 2 aliphatic heterocycles. The quantitative estimate of drug-likeness (QED) is 0.827. The minimum Gasteiger partial charge on any atom is -0.350 e. The molecule has 0 aromatic rings. The summed E-state index contributed by atoms with van der Waals surface area (Å²) >= 11 is 0. The highest BCUT2D eigenvalue weighted by Crippen LogP contribution is 2.37. The lowest BCUT2D eigenvalue weighted by molar-refractivity contribution is -0.129. The van der Waals surface area contributed by atoms with E-state index in [0.29, 0.717) is 18.1 Å². The van der Waals surface area contributed by atoms with E-state index in [1.807, 2.05) is 20.8 Å². The molecule has 4 heteroatoms. The molecule has 2 rings (SSSR count). The van der Waals surface area contributed by atoms with E-state index in [2.05, 4.69) is 29.4 Å². The Morgan fingerprint density at radius 1 is 1.25 bits per heavy atom. The zero-order valence-corrected chi connectivity index (χ0v) is 13.7. The molecule has 2 bridgehead atoms. The van der Waals surface area contributed by atoms with Crippen molar-refractivity contribution in [1.29, 1.82) is 0 Å². The maximum atomic E-state index is 12.4. The Morgan fingerprint density at radius 3 is 2.25 bits per heavy atom. The first-order valence-corrected chi connectivity index (χ1v) is 8.14. The molecule has 0 saturated carbocycles. The molecular formula is C16H31N3O. The number of amides is 1. The number of hydrogen-bond acceptors (Lipinski definition) is 3. The summed E-state index contributed by atoms with van der Waals surface area (Å²) in [5, 5.41) is 6.71. The van der Waals surface area contributed by atoms with Crippen molar-refractivity contribution in [3.63, 3.8) is 0 Å². The topological polar surface area (TPSA) is 44.4 Å². The van der Waals surface area contributed by atoms with Gasteiger partial charge in [0.05, 0.1) is 6.04 Å². The highest BCUT2D eigenvalue weighted by Gasteiger charge is 2.44. The van der Waals surface area contributed by atoms with Crippen molar-refractivity contribution < 1.29 is 4.79 Å². The SMILES string of the molecule is CCNC1CC2CCC(C1)N2C(C)C(=O)NC(C)(C)C. The summed E-state index contributed by atoms with van der Waals surface area (Å²) in [6.07, 6.45) is 4.88. The van der Waals surface area contributed by atoms with E-state index in [1.165, 1.54) is 25.7 Å². The average molecular weight is 281 g/mol. The fraction of sp³-hybridized carbons (Fsp3) is 0.938. The fourth-order valence-electron chi connectivity index (χ4n) is 3.91. The molecule has 1 amide bonds. The van der Waals surface area contributed by atoms with Gasteiger partial charge in [0.1, 0.15) is 0 Å². The number of piperidine rings is 1. The maximum absolute atomic E-state index is 12.4. The van der Waals surface area contributed by atoms with Crippen molar-refractivity contribution in [2.75, 3.05) is 6.54 Å². The number of hydrogen-bond donors (Lipinski definition) is 2. The summed E-state index contributed by atoms with van der Waals surface area (Å²) in [6, 6.07) is 1.80. The van der Waals surface area contributed by atoms with Gasteiger partial charge >= 0.3 is 0 Å². The Hall–Kier alpha value is -0.610. The van der Waals surface area contributed by atoms with E-state index in [0.717, 1.165) is 6.54 Å². The van der Waals surface area contributed by atoms with Gasteiger partial charge in [-0.05, 0) is 59.9 Å². The second-order valence-corrected chi connectivity index (χ2v) is 7.47. The summed E-state index contributed by atoms with van der Waals surface area (Å²) in [5.41, 5.74) is -0.146. The van der Waals surface area contributed by atoms with Crippen LogP contribution in [0.1, 0.15) is 60.3 Å². The van der Waals surface area contributed by atoms with Crippen molar-refractivity contribution in [1.82, 2.24) is 15.5 Å². The number of carbonyl (C=O) groups excluding carboxylic acids is 1. The predicted molar refractivity (Wildman–Crippen MR) is 82.7 cm³/mol. The van der Waals surface area contributed by atoms with Gasteiger partial charge in [-0.25, -0.2) is 0 Å². The third-order valence-electron chi connectivity index (χ3n) is 4.61. The molecule has 0 aliphatic carbocycles. The monoisotopic (exact) mass is 281 g/mol. The molecule has 0 radical (unpaired) electrons. The number of rotatable bonds is 4. The standard InChI is InChI=1S/C16H31N3O/c1-6-17-12-9-13-7-8-14(10-12)19(13)11(2)15(20)18-16(3,4)5/h11-14,17H,6-10H2,1-5H3,(H,18,20). The number of carbonyl (C=O) groups is 1. The average Bonchev–Trinajstić information content (AvgIpc) is 2.58. The minimum atomic E-state index is -0.146. The van der Waals surface area contributed by atoms with Gasteiger partial charge in [0.15, 0.2) is 0 Å².